The maximum absolute atomic E-state index is 13.6. The van der Waals surface area contributed by atoms with Crippen molar-refractivity contribution < 1.29 is 23.6 Å². The number of hydrogen-bond donors (Lipinski definition) is 4. The molecule has 1 aromatic carbocycles. The summed E-state index contributed by atoms with van der Waals surface area (Å²) >= 11 is 0. The van der Waals surface area contributed by atoms with Gasteiger partial charge in [0.2, 0.25) is 5.91 Å². The van der Waals surface area contributed by atoms with Gasteiger partial charge in [0.1, 0.15) is 18.2 Å². The van der Waals surface area contributed by atoms with Gasteiger partial charge in [-0.1, -0.05) is 12.8 Å². The van der Waals surface area contributed by atoms with Gasteiger partial charge in [0, 0.05) is 12.1 Å². The van der Waals surface area contributed by atoms with Crippen LogP contribution in [0.25, 0.3) is 0 Å². The number of aromatic nitrogens is 4. The first kappa shape index (κ1) is 23.9. The Morgan fingerprint density at radius 3 is 2.79 bits per heavy atom. The molecule has 0 saturated heterocycles. The van der Waals surface area contributed by atoms with Gasteiger partial charge >= 0.3 is 7.12 Å². The molecule has 1 unspecified atom stereocenters. The number of unbranched alkanes of at least 4 members (excludes halogenated alkanes) is 1. The van der Waals surface area contributed by atoms with Crippen LogP contribution in [-0.2, 0) is 17.9 Å². The Labute approximate surface area is 166 Å². The Balaban J connectivity index is 0.00000392. The number of hydrogen-bond acceptors (Lipinski definition) is 7. The first-order valence-corrected chi connectivity index (χ1v) is 8.45. The normalized spacial score (nSPS) is 11.6. The Morgan fingerprint density at radius 2 is 2.07 bits per heavy atom. The molecule has 2 aromatic rings. The standard InChI is InChI=1S/C15H21BF2N6O3.ClH/c17-11-4-5-12(18)10(7-11)8-20-14(25)9-24-15(21-22-23-24)13(19)3-1-2-6-16(26)27;/h4-5,7,13,26-27H,1-3,6,8-9,19H2,(H,20,25);1H. The second-order valence-electron chi connectivity index (χ2n) is 6.08. The molecule has 1 heterocycles. The number of nitrogens with zero attached hydrogens (tertiary/aromatic N) is 4. The van der Waals surface area contributed by atoms with Gasteiger partial charge < -0.3 is 21.1 Å². The van der Waals surface area contributed by atoms with Crippen molar-refractivity contribution in [3.63, 3.8) is 0 Å². The van der Waals surface area contributed by atoms with Gasteiger partial charge in [0.05, 0.1) is 6.04 Å². The Hall–Kier alpha value is -2.15. The van der Waals surface area contributed by atoms with E-state index in [9.17, 15) is 13.6 Å². The lowest BCUT2D eigenvalue weighted by Gasteiger charge is -2.12. The van der Waals surface area contributed by atoms with Crippen LogP contribution in [0.5, 0.6) is 0 Å². The van der Waals surface area contributed by atoms with Crippen LogP contribution in [-0.4, -0.2) is 43.3 Å². The molecular formula is C15H22BClF2N6O3. The molecule has 1 atom stereocenters. The van der Waals surface area contributed by atoms with E-state index in [1.54, 1.807) is 0 Å². The monoisotopic (exact) mass is 418 g/mol. The topological polar surface area (TPSA) is 139 Å². The van der Waals surface area contributed by atoms with Crippen LogP contribution in [0.15, 0.2) is 18.2 Å². The fourth-order valence-electron chi connectivity index (χ4n) is 2.47. The molecule has 0 aliphatic carbocycles. The fourth-order valence-corrected chi connectivity index (χ4v) is 2.47. The van der Waals surface area contributed by atoms with Crippen LogP contribution in [0.3, 0.4) is 0 Å². The molecule has 28 heavy (non-hydrogen) atoms. The third kappa shape index (κ3) is 7.47. The Bertz CT molecular complexity index is 767. The highest BCUT2D eigenvalue weighted by Crippen LogP contribution is 2.15. The molecule has 0 aliphatic heterocycles. The van der Waals surface area contributed by atoms with Crippen LogP contribution < -0.4 is 11.1 Å². The van der Waals surface area contributed by atoms with Gasteiger partial charge in [-0.15, -0.1) is 17.5 Å². The molecule has 0 radical (unpaired) electrons. The van der Waals surface area contributed by atoms with E-state index in [4.69, 9.17) is 15.8 Å². The third-order valence-corrected chi connectivity index (χ3v) is 3.90. The zero-order valence-corrected chi connectivity index (χ0v) is 15.8. The zero-order valence-electron chi connectivity index (χ0n) is 15.0. The van der Waals surface area contributed by atoms with Gasteiger partial charge in [-0.25, -0.2) is 13.5 Å². The zero-order chi connectivity index (χ0) is 19.8. The number of nitrogens with one attached hydrogen (secondary N) is 1. The minimum atomic E-state index is -1.35. The van der Waals surface area contributed by atoms with Crippen molar-refractivity contribution in [3.8, 4) is 0 Å². The Morgan fingerprint density at radius 1 is 1.32 bits per heavy atom. The number of tetrazole rings is 1. The van der Waals surface area contributed by atoms with E-state index in [0.29, 0.717) is 25.1 Å². The maximum Gasteiger partial charge on any atom is 0.451 e. The number of nitrogens with two attached hydrogens (primary N) is 1. The van der Waals surface area contributed by atoms with Crippen molar-refractivity contribution in [1.82, 2.24) is 25.5 Å². The fraction of sp³-hybridized carbons (Fsp3) is 0.467. The second-order valence-corrected chi connectivity index (χ2v) is 6.08. The molecule has 1 amide bonds. The number of carbonyl (C=O) groups excluding carboxylic acids is 1. The first-order chi connectivity index (χ1) is 12.9. The summed E-state index contributed by atoms with van der Waals surface area (Å²) in [7, 11) is -1.35. The van der Waals surface area contributed by atoms with E-state index < -0.39 is 30.7 Å². The van der Waals surface area contributed by atoms with E-state index in [1.165, 1.54) is 4.68 Å². The number of benzene rings is 1. The summed E-state index contributed by atoms with van der Waals surface area (Å²) in [4.78, 5) is 12.1. The lowest BCUT2D eigenvalue weighted by Crippen LogP contribution is -2.30. The van der Waals surface area contributed by atoms with Gasteiger partial charge in [0.25, 0.3) is 0 Å². The number of rotatable bonds is 10. The summed E-state index contributed by atoms with van der Waals surface area (Å²) in [6.45, 7) is -0.391. The van der Waals surface area contributed by atoms with Crippen molar-refractivity contribution >= 4 is 25.4 Å². The highest BCUT2D eigenvalue weighted by Gasteiger charge is 2.17. The third-order valence-electron chi connectivity index (χ3n) is 3.90. The molecule has 9 nitrogen and oxygen atoms in total. The lowest BCUT2D eigenvalue weighted by atomic mass is 9.83. The molecule has 0 saturated carbocycles. The molecule has 154 valence electrons. The minimum Gasteiger partial charge on any atom is -0.427 e. The van der Waals surface area contributed by atoms with Crippen LogP contribution in [0.1, 0.15) is 36.7 Å². The van der Waals surface area contributed by atoms with Gasteiger partial charge in [-0.2, -0.15) is 0 Å². The van der Waals surface area contributed by atoms with Crippen molar-refractivity contribution in [3.05, 3.63) is 41.2 Å². The van der Waals surface area contributed by atoms with E-state index >= 15 is 0 Å². The minimum absolute atomic E-state index is 0. The van der Waals surface area contributed by atoms with E-state index in [-0.39, 0.29) is 37.4 Å². The highest BCUT2D eigenvalue weighted by molar-refractivity contribution is 6.40. The number of amides is 1. The molecule has 0 fully saturated rings. The van der Waals surface area contributed by atoms with Crippen LogP contribution in [0.4, 0.5) is 8.78 Å². The van der Waals surface area contributed by atoms with Crippen molar-refractivity contribution in [2.75, 3.05) is 0 Å². The lowest BCUT2D eigenvalue weighted by molar-refractivity contribution is -0.122. The molecule has 13 heteroatoms. The predicted molar refractivity (Wildman–Crippen MR) is 99.0 cm³/mol. The molecule has 1 aromatic heterocycles. The summed E-state index contributed by atoms with van der Waals surface area (Å²) < 4.78 is 27.9. The summed E-state index contributed by atoms with van der Waals surface area (Å²) in [5.74, 6) is -1.38. The Kier molecular flexibility index (Phi) is 9.93. The quantitative estimate of drug-likeness (QED) is 0.322. The summed E-state index contributed by atoms with van der Waals surface area (Å²) in [5.41, 5.74) is 6.05. The van der Waals surface area contributed by atoms with Gasteiger partial charge in [-0.05, 0) is 41.4 Å². The summed E-state index contributed by atoms with van der Waals surface area (Å²) in [6, 6.07) is 2.48. The van der Waals surface area contributed by atoms with Crippen molar-refractivity contribution in [2.45, 2.75) is 44.7 Å². The molecular weight excluding hydrogens is 396 g/mol. The van der Waals surface area contributed by atoms with E-state index in [1.807, 2.05) is 0 Å². The van der Waals surface area contributed by atoms with Crippen LogP contribution >= 0.6 is 12.4 Å². The molecule has 2 rings (SSSR count). The average Bonchev–Trinajstić information content (AvgIpc) is 3.07. The molecule has 0 bridgehead atoms. The molecule has 0 aliphatic rings. The predicted octanol–water partition coefficient (Wildman–Crippen LogP) is 0.332. The second kappa shape index (κ2) is 11.6. The molecule has 0 spiro atoms. The largest absolute Gasteiger partial charge is 0.451 e. The SMILES string of the molecule is Cl.NC(CCCCB(O)O)c1nnnn1CC(=O)NCc1cc(F)ccc1F. The number of carbonyl (C=O) groups is 1. The number of halogens is 3. The first-order valence-electron chi connectivity index (χ1n) is 8.45. The van der Waals surface area contributed by atoms with E-state index in [0.717, 1.165) is 18.2 Å². The van der Waals surface area contributed by atoms with Crippen molar-refractivity contribution in [2.24, 2.45) is 5.73 Å². The van der Waals surface area contributed by atoms with Gasteiger partial charge in [0.15, 0.2) is 5.82 Å². The van der Waals surface area contributed by atoms with Gasteiger partial charge in [-0.3, -0.25) is 4.79 Å². The van der Waals surface area contributed by atoms with Crippen LogP contribution in [0, 0.1) is 11.6 Å². The smallest absolute Gasteiger partial charge is 0.427 e. The maximum atomic E-state index is 13.6. The summed E-state index contributed by atoms with van der Waals surface area (Å²) in [6.07, 6.45) is 1.96. The van der Waals surface area contributed by atoms with Crippen LogP contribution in [0.2, 0.25) is 6.32 Å². The van der Waals surface area contributed by atoms with Crippen molar-refractivity contribution in [1.29, 1.82) is 0 Å². The molecule has 5 N–H and O–H groups in total. The summed E-state index contributed by atoms with van der Waals surface area (Å²) in [5, 5.41) is 31.1. The highest BCUT2D eigenvalue weighted by atomic mass is 35.5. The van der Waals surface area contributed by atoms with E-state index in [2.05, 4.69) is 20.8 Å². The average molecular weight is 419 g/mol.